The lowest BCUT2D eigenvalue weighted by Crippen LogP contribution is -2.41. The van der Waals surface area contributed by atoms with Gasteiger partial charge in [-0.15, -0.1) is 0 Å². The van der Waals surface area contributed by atoms with Gasteiger partial charge in [-0.3, -0.25) is 4.79 Å². The molecule has 0 radical (unpaired) electrons. The van der Waals surface area contributed by atoms with E-state index >= 15 is 0 Å². The van der Waals surface area contributed by atoms with Crippen molar-refractivity contribution in [1.82, 2.24) is 15.3 Å². The highest BCUT2D eigenvalue weighted by atomic mass is 16.1. The van der Waals surface area contributed by atoms with E-state index in [0.717, 1.165) is 69.0 Å². The lowest BCUT2D eigenvalue weighted by molar-refractivity contribution is -0.125. The summed E-state index contributed by atoms with van der Waals surface area (Å²) in [4.78, 5) is 25.3. The van der Waals surface area contributed by atoms with Crippen LogP contribution < -0.4 is 15.1 Å². The normalized spacial score (nSPS) is 14.7. The second-order valence-corrected chi connectivity index (χ2v) is 8.40. The van der Waals surface area contributed by atoms with Crippen molar-refractivity contribution in [3.05, 3.63) is 54.1 Å². The van der Waals surface area contributed by atoms with Crippen LogP contribution in [0.5, 0.6) is 0 Å². The van der Waals surface area contributed by atoms with Crippen molar-refractivity contribution in [3.8, 4) is 0 Å². The minimum absolute atomic E-state index is 0.0969. The molecule has 1 fully saturated rings. The maximum atomic E-state index is 12.6. The first-order valence-electron chi connectivity index (χ1n) is 11.4. The Bertz CT molecular complexity index is 973. The molecule has 3 aromatic rings. The number of anilines is 2. The van der Waals surface area contributed by atoms with Gasteiger partial charge in [0, 0.05) is 44.3 Å². The standard InChI is InChI=1S/C25H33N5O/c1-3-29(21-9-6-8-19(2)18-21)15-7-14-26-24(31)20-12-16-30(17-13-20)25-27-22-10-4-5-11-23(22)28-25/h4-6,8-11,18,20H,3,7,12-17H2,1-2H3,(H,26,31)(H,27,28). The molecule has 2 heterocycles. The zero-order chi connectivity index (χ0) is 21.6. The third kappa shape index (κ3) is 5.19. The van der Waals surface area contributed by atoms with Gasteiger partial charge in [0.05, 0.1) is 11.0 Å². The van der Waals surface area contributed by atoms with Crippen LogP contribution in [-0.2, 0) is 4.79 Å². The van der Waals surface area contributed by atoms with Crippen LogP contribution in [-0.4, -0.2) is 48.6 Å². The van der Waals surface area contributed by atoms with E-state index in [1.807, 2.05) is 24.3 Å². The Morgan fingerprint density at radius 1 is 1.19 bits per heavy atom. The fraction of sp³-hybridized carbons (Fsp3) is 0.440. The average molecular weight is 420 g/mol. The smallest absolute Gasteiger partial charge is 0.223 e. The van der Waals surface area contributed by atoms with E-state index in [4.69, 9.17) is 0 Å². The highest BCUT2D eigenvalue weighted by Crippen LogP contribution is 2.23. The van der Waals surface area contributed by atoms with Crippen molar-refractivity contribution in [2.24, 2.45) is 5.92 Å². The molecular formula is C25H33N5O. The zero-order valence-corrected chi connectivity index (χ0v) is 18.6. The van der Waals surface area contributed by atoms with Gasteiger partial charge in [0.25, 0.3) is 0 Å². The number of fused-ring (bicyclic) bond motifs is 1. The summed E-state index contributed by atoms with van der Waals surface area (Å²) < 4.78 is 0. The predicted octanol–water partition coefficient (Wildman–Crippen LogP) is 4.12. The first-order valence-corrected chi connectivity index (χ1v) is 11.4. The highest BCUT2D eigenvalue weighted by molar-refractivity contribution is 5.79. The Balaban J connectivity index is 1.20. The molecule has 2 N–H and O–H groups in total. The van der Waals surface area contributed by atoms with Gasteiger partial charge in [-0.2, -0.15) is 0 Å². The Morgan fingerprint density at radius 2 is 2.00 bits per heavy atom. The van der Waals surface area contributed by atoms with Gasteiger partial charge in [0.2, 0.25) is 11.9 Å². The minimum Gasteiger partial charge on any atom is -0.372 e. The SMILES string of the molecule is CCN(CCCNC(=O)C1CCN(c2nc3ccccc3[nH]2)CC1)c1cccc(C)c1. The van der Waals surface area contributed by atoms with Crippen LogP contribution in [0.4, 0.5) is 11.6 Å². The highest BCUT2D eigenvalue weighted by Gasteiger charge is 2.26. The molecule has 0 bridgehead atoms. The Kier molecular flexibility index (Phi) is 6.75. The maximum absolute atomic E-state index is 12.6. The number of nitrogens with zero attached hydrogens (tertiary/aromatic N) is 3. The number of aromatic nitrogens is 2. The van der Waals surface area contributed by atoms with Crippen LogP contribution in [0.15, 0.2) is 48.5 Å². The van der Waals surface area contributed by atoms with Gasteiger partial charge in [0.15, 0.2) is 0 Å². The Labute approximate surface area is 184 Å². The van der Waals surface area contributed by atoms with Gasteiger partial charge >= 0.3 is 0 Å². The number of para-hydroxylation sites is 2. The molecule has 2 aromatic carbocycles. The zero-order valence-electron chi connectivity index (χ0n) is 18.6. The van der Waals surface area contributed by atoms with Gasteiger partial charge in [-0.1, -0.05) is 24.3 Å². The number of imidazole rings is 1. The number of aromatic amines is 1. The van der Waals surface area contributed by atoms with Gasteiger partial charge in [-0.05, 0) is 62.9 Å². The van der Waals surface area contributed by atoms with E-state index in [1.165, 1.54) is 11.3 Å². The average Bonchev–Trinajstić information content (AvgIpc) is 3.23. The molecule has 1 aliphatic heterocycles. The van der Waals surface area contributed by atoms with Crippen molar-refractivity contribution >= 4 is 28.6 Å². The number of aryl methyl sites for hydroxylation is 1. The molecule has 31 heavy (non-hydrogen) atoms. The summed E-state index contributed by atoms with van der Waals surface area (Å²) >= 11 is 0. The number of carbonyl (C=O) groups excluding carboxylic acids is 1. The number of carbonyl (C=O) groups is 1. The molecule has 164 valence electrons. The topological polar surface area (TPSA) is 64.3 Å². The predicted molar refractivity (Wildman–Crippen MR) is 128 cm³/mol. The van der Waals surface area contributed by atoms with Crippen molar-refractivity contribution in [1.29, 1.82) is 0 Å². The number of hydrogen-bond acceptors (Lipinski definition) is 4. The van der Waals surface area contributed by atoms with Crippen LogP contribution in [0.2, 0.25) is 0 Å². The van der Waals surface area contributed by atoms with E-state index in [9.17, 15) is 4.79 Å². The van der Waals surface area contributed by atoms with Crippen molar-refractivity contribution in [2.75, 3.05) is 42.5 Å². The Hall–Kier alpha value is -3.02. The summed E-state index contributed by atoms with van der Waals surface area (Å²) in [6.07, 6.45) is 2.69. The molecule has 0 saturated carbocycles. The van der Waals surface area contributed by atoms with Crippen molar-refractivity contribution < 1.29 is 4.79 Å². The molecule has 1 amide bonds. The lowest BCUT2D eigenvalue weighted by atomic mass is 9.96. The van der Waals surface area contributed by atoms with Crippen LogP contribution in [0.1, 0.15) is 31.7 Å². The Morgan fingerprint density at radius 3 is 2.74 bits per heavy atom. The van der Waals surface area contributed by atoms with Gasteiger partial charge in [0.1, 0.15) is 0 Å². The molecule has 1 aliphatic rings. The molecule has 1 aromatic heterocycles. The summed E-state index contributed by atoms with van der Waals surface area (Å²) in [6.45, 7) is 8.66. The molecule has 1 saturated heterocycles. The second-order valence-electron chi connectivity index (χ2n) is 8.40. The molecule has 0 spiro atoms. The minimum atomic E-state index is 0.0969. The summed E-state index contributed by atoms with van der Waals surface area (Å²) in [5.74, 6) is 1.21. The summed E-state index contributed by atoms with van der Waals surface area (Å²) in [5, 5.41) is 3.16. The lowest BCUT2D eigenvalue weighted by Gasteiger charge is -2.31. The number of piperidine rings is 1. The summed E-state index contributed by atoms with van der Waals surface area (Å²) in [6, 6.07) is 16.7. The van der Waals surface area contributed by atoms with Crippen LogP contribution >= 0.6 is 0 Å². The third-order valence-corrected chi connectivity index (χ3v) is 6.19. The van der Waals surface area contributed by atoms with Crippen LogP contribution in [0.3, 0.4) is 0 Å². The molecule has 0 atom stereocenters. The van der Waals surface area contributed by atoms with Crippen molar-refractivity contribution in [3.63, 3.8) is 0 Å². The van der Waals surface area contributed by atoms with E-state index in [2.05, 4.69) is 63.2 Å². The number of nitrogens with one attached hydrogen (secondary N) is 2. The number of hydrogen-bond donors (Lipinski definition) is 2. The summed E-state index contributed by atoms with van der Waals surface area (Å²) in [7, 11) is 0. The second kappa shape index (κ2) is 9.86. The number of benzene rings is 2. The molecule has 6 nitrogen and oxygen atoms in total. The first kappa shape index (κ1) is 21.2. The molecule has 6 heteroatoms. The number of rotatable bonds is 8. The van der Waals surface area contributed by atoms with Gasteiger partial charge < -0.3 is 20.1 Å². The van der Waals surface area contributed by atoms with E-state index in [0.29, 0.717) is 0 Å². The molecule has 0 aliphatic carbocycles. The largest absolute Gasteiger partial charge is 0.372 e. The molecule has 4 rings (SSSR count). The quantitative estimate of drug-likeness (QED) is 0.539. The fourth-order valence-corrected chi connectivity index (χ4v) is 4.36. The number of H-pyrrole nitrogens is 1. The third-order valence-electron chi connectivity index (χ3n) is 6.19. The number of amides is 1. The van der Waals surface area contributed by atoms with Crippen molar-refractivity contribution in [2.45, 2.75) is 33.1 Å². The van der Waals surface area contributed by atoms with Crippen LogP contribution in [0, 0.1) is 12.8 Å². The van der Waals surface area contributed by atoms with Gasteiger partial charge in [-0.25, -0.2) is 4.98 Å². The molecular weight excluding hydrogens is 386 g/mol. The fourth-order valence-electron chi connectivity index (χ4n) is 4.36. The first-order chi connectivity index (χ1) is 15.1. The van der Waals surface area contributed by atoms with E-state index < -0.39 is 0 Å². The summed E-state index contributed by atoms with van der Waals surface area (Å²) in [5.41, 5.74) is 4.58. The van der Waals surface area contributed by atoms with E-state index in [-0.39, 0.29) is 11.8 Å². The van der Waals surface area contributed by atoms with E-state index in [1.54, 1.807) is 0 Å². The monoisotopic (exact) mass is 419 g/mol. The van der Waals surface area contributed by atoms with Crippen LogP contribution in [0.25, 0.3) is 11.0 Å². The maximum Gasteiger partial charge on any atom is 0.223 e. The molecule has 0 unspecified atom stereocenters.